The number of aliphatic hydroxyl groups excluding tert-OH is 1. The molecule has 2 atom stereocenters. The van der Waals surface area contributed by atoms with Crippen molar-refractivity contribution in [3.63, 3.8) is 0 Å². The Labute approximate surface area is 203 Å². The monoisotopic (exact) mass is 479 g/mol. The lowest BCUT2D eigenvalue weighted by molar-refractivity contribution is -0.153. The molecule has 0 saturated heterocycles. The van der Waals surface area contributed by atoms with E-state index in [9.17, 15) is 19.5 Å². The zero-order chi connectivity index (χ0) is 25.2. The normalized spacial score (nSPS) is 12.4. The maximum atomic E-state index is 12.8. The van der Waals surface area contributed by atoms with Crippen LogP contribution in [0.2, 0.25) is 0 Å². The molecule has 1 heterocycles. The molecule has 0 saturated carbocycles. The minimum Gasteiger partial charge on any atom is -0.464 e. The van der Waals surface area contributed by atoms with E-state index >= 15 is 0 Å². The number of carbonyl (C=O) groups excluding carboxylic acids is 3. The van der Waals surface area contributed by atoms with Gasteiger partial charge in [0.25, 0.3) is 5.91 Å². The van der Waals surface area contributed by atoms with Crippen molar-refractivity contribution >= 4 is 17.8 Å². The van der Waals surface area contributed by atoms with Crippen LogP contribution in [-0.2, 0) is 20.7 Å². The molecule has 3 aromatic rings. The predicted molar refractivity (Wildman–Crippen MR) is 129 cm³/mol. The van der Waals surface area contributed by atoms with E-state index in [1.807, 2.05) is 54.6 Å². The molecule has 1 amide bonds. The van der Waals surface area contributed by atoms with E-state index in [0.717, 1.165) is 16.7 Å². The molecule has 9 nitrogen and oxygen atoms in total. The highest BCUT2D eigenvalue weighted by Gasteiger charge is 2.25. The van der Waals surface area contributed by atoms with Crippen LogP contribution in [0.3, 0.4) is 0 Å². The second-order valence-corrected chi connectivity index (χ2v) is 7.83. The van der Waals surface area contributed by atoms with Crippen molar-refractivity contribution < 1.29 is 29.0 Å². The summed E-state index contributed by atoms with van der Waals surface area (Å²) < 4.78 is 9.79. The Hall–Kier alpha value is -3.98. The molecule has 3 rings (SSSR count). The van der Waals surface area contributed by atoms with Gasteiger partial charge in [-0.25, -0.2) is 9.59 Å². The van der Waals surface area contributed by atoms with Crippen LogP contribution in [0.5, 0.6) is 0 Å². The van der Waals surface area contributed by atoms with Gasteiger partial charge in [0.2, 0.25) is 0 Å². The van der Waals surface area contributed by atoms with Crippen molar-refractivity contribution in [1.82, 2.24) is 15.5 Å². The van der Waals surface area contributed by atoms with Gasteiger partial charge in [-0.05, 0) is 37.0 Å². The van der Waals surface area contributed by atoms with E-state index < -0.39 is 30.0 Å². The third-order valence-corrected chi connectivity index (χ3v) is 5.25. The molecule has 184 valence electrons. The molecule has 3 N–H and O–H groups in total. The third kappa shape index (κ3) is 7.25. The quantitative estimate of drug-likeness (QED) is 0.361. The highest BCUT2D eigenvalue weighted by Crippen LogP contribution is 2.20. The van der Waals surface area contributed by atoms with Gasteiger partial charge in [-0.1, -0.05) is 54.6 Å². The highest BCUT2D eigenvalue weighted by atomic mass is 16.5. The number of H-pyrrole nitrogens is 1. The second kappa shape index (κ2) is 12.5. The van der Waals surface area contributed by atoms with E-state index in [-0.39, 0.29) is 31.0 Å². The van der Waals surface area contributed by atoms with Crippen LogP contribution in [0.4, 0.5) is 0 Å². The Morgan fingerprint density at radius 1 is 0.971 bits per heavy atom. The molecule has 0 aliphatic heterocycles. The van der Waals surface area contributed by atoms with Crippen LogP contribution in [-0.4, -0.2) is 58.5 Å². The number of nitrogens with zero attached hydrogens (tertiary/aromatic N) is 1. The molecular weight excluding hydrogens is 450 g/mol. The zero-order valence-corrected chi connectivity index (χ0v) is 19.7. The van der Waals surface area contributed by atoms with Crippen LogP contribution < -0.4 is 5.32 Å². The van der Waals surface area contributed by atoms with E-state index in [1.54, 1.807) is 13.8 Å². The summed E-state index contributed by atoms with van der Waals surface area (Å²) in [5, 5.41) is 19.5. The number of rotatable bonds is 11. The largest absolute Gasteiger partial charge is 0.464 e. The summed E-state index contributed by atoms with van der Waals surface area (Å²) in [4.78, 5) is 36.6. The number of carbonyl (C=O) groups is 3. The number of benzene rings is 2. The maximum absolute atomic E-state index is 12.8. The first-order chi connectivity index (χ1) is 16.9. The van der Waals surface area contributed by atoms with Gasteiger partial charge in [-0.15, -0.1) is 0 Å². The molecule has 0 fully saturated rings. The van der Waals surface area contributed by atoms with Gasteiger partial charge in [0.1, 0.15) is 5.69 Å². The molecule has 0 spiro atoms. The van der Waals surface area contributed by atoms with E-state index in [2.05, 4.69) is 15.5 Å². The van der Waals surface area contributed by atoms with Crippen LogP contribution >= 0.6 is 0 Å². The van der Waals surface area contributed by atoms with Gasteiger partial charge in [0.15, 0.2) is 11.8 Å². The molecular formula is C26H29N3O6. The third-order valence-electron chi connectivity index (χ3n) is 5.25. The number of aromatic amines is 1. The molecule has 1 unspecified atom stereocenters. The SMILES string of the molecule is CCOC(=O)c1cc(C(=O)NC(Cc2ccc(-c3ccccc3)cc2)C[C@@H](O)C(=O)OCC)n[nH]1. The van der Waals surface area contributed by atoms with Crippen LogP contribution in [0, 0.1) is 0 Å². The number of aliphatic hydroxyl groups is 1. The fraction of sp³-hybridized carbons (Fsp3) is 0.308. The summed E-state index contributed by atoms with van der Waals surface area (Å²) in [6.45, 7) is 3.65. The molecule has 35 heavy (non-hydrogen) atoms. The second-order valence-electron chi connectivity index (χ2n) is 7.83. The number of hydrogen-bond acceptors (Lipinski definition) is 7. The van der Waals surface area contributed by atoms with Gasteiger partial charge < -0.3 is 19.9 Å². The van der Waals surface area contributed by atoms with Crippen LogP contribution in [0.15, 0.2) is 60.7 Å². The Bertz CT molecular complexity index is 1130. The first-order valence-corrected chi connectivity index (χ1v) is 11.4. The lowest BCUT2D eigenvalue weighted by atomic mass is 9.97. The summed E-state index contributed by atoms with van der Waals surface area (Å²) in [7, 11) is 0. The van der Waals surface area contributed by atoms with Crippen molar-refractivity contribution in [2.75, 3.05) is 13.2 Å². The van der Waals surface area contributed by atoms with Gasteiger partial charge in [-0.3, -0.25) is 9.89 Å². The number of aromatic nitrogens is 2. The Morgan fingerprint density at radius 2 is 1.63 bits per heavy atom. The Balaban J connectivity index is 1.74. The van der Waals surface area contributed by atoms with Gasteiger partial charge in [-0.2, -0.15) is 5.10 Å². The summed E-state index contributed by atoms with van der Waals surface area (Å²) in [6.07, 6.45) is -1.11. The minimum atomic E-state index is -1.40. The van der Waals surface area contributed by atoms with Gasteiger partial charge in [0, 0.05) is 18.5 Å². The van der Waals surface area contributed by atoms with Crippen LogP contribution in [0.1, 0.15) is 46.8 Å². The van der Waals surface area contributed by atoms with Crippen molar-refractivity contribution in [2.45, 2.75) is 38.8 Å². The van der Waals surface area contributed by atoms with Crippen molar-refractivity contribution in [3.05, 3.63) is 77.6 Å². The zero-order valence-electron chi connectivity index (χ0n) is 19.7. The molecule has 0 bridgehead atoms. The Morgan fingerprint density at radius 3 is 2.29 bits per heavy atom. The number of amides is 1. The minimum absolute atomic E-state index is 0.0110. The standard InChI is InChI=1S/C26H29N3O6/c1-3-34-25(32)22-16-21(28-29-22)24(31)27-20(15-23(30)26(33)35-4-2)14-17-10-12-19(13-11-17)18-8-6-5-7-9-18/h5-13,16,20,23,30H,3-4,14-15H2,1-2H3,(H,27,31)(H,28,29)/t20?,23-/m1/s1. The lowest BCUT2D eigenvalue weighted by Crippen LogP contribution is -2.41. The van der Waals surface area contributed by atoms with E-state index in [0.29, 0.717) is 6.42 Å². The topological polar surface area (TPSA) is 131 Å². The van der Waals surface area contributed by atoms with E-state index in [1.165, 1.54) is 6.07 Å². The van der Waals surface area contributed by atoms with Gasteiger partial charge in [0.05, 0.1) is 13.2 Å². The average Bonchev–Trinajstić information content (AvgIpc) is 3.36. The van der Waals surface area contributed by atoms with Crippen molar-refractivity contribution in [1.29, 1.82) is 0 Å². The summed E-state index contributed by atoms with van der Waals surface area (Å²) in [6, 6.07) is 18.4. The lowest BCUT2D eigenvalue weighted by Gasteiger charge is -2.21. The highest BCUT2D eigenvalue weighted by molar-refractivity contribution is 5.96. The van der Waals surface area contributed by atoms with Crippen molar-refractivity contribution in [2.24, 2.45) is 0 Å². The van der Waals surface area contributed by atoms with Crippen molar-refractivity contribution in [3.8, 4) is 11.1 Å². The Kier molecular flexibility index (Phi) is 9.14. The molecule has 0 aliphatic rings. The fourth-order valence-electron chi connectivity index (χ4n) is 3.56. The number of ether oxygens (including phenoxy) is 2. The van der Waals surface area contributed by atoms with Gasteiger partial charge >= 0.3 is 11.9 Å². The number of esters is 2. The number of hydrogen-bond donors (Lipinski definition) is 3. The molecule has 0 radical (unpaired) electrons. The summed E-state index contributed by atoms with van der Waals surface area (Å²) >= 11 is 0. The first kappa shape index (κ1) is 25.6. The molecule has 9 heteroatoms. The fourth-order valence-corrected chi connectivity index (χ4v) is 3.56. The molecule has 1 aromatic heterocycles. The maximum Gasteiger partial charge on any atom is 0.356 e. The van der Waals surface area contributed by atoms with E-state index in [4.69, 9.17) is 9.47 Å². The van der Waals surface area contributed by atoms with Crippen LogP contribution in [0.25, 0.3) is 11.1 Å². The average molecular weight is 480 g/mol. The molecule has 0 aliphatic carbocycles. The first-order valence-electron chi connectivity index (χ1n) is 11.4. The predicted octanol–water partition coefficient (Wildman–Crippen LogP) is 2.91. The smallest absolute Gasteiger partial charge is 0.356 e. The summed E-state index contributed by atoms with van der Waals surface area (Å²) in [5.41, 5.74) is 3.07. The molecule has 2 aromatic carbocycles. The number of nitrogens with one attached hydrogen (secondary N) is 2. The summed E-state index contributed by atoms with van der Waals surface area (Å²) in [5.74, 6) is -1.93.